The zero-order valence-electron chi connectivity index (χ0n) is 11.7. The van der Waals surface area contributed by atoms with E-state index in [1.807, 2.05) is 0 Å². The van der Waals surface area contributed by atoms with Crippen molar-refractivity contribution >= 4 is 17.3 Å². The van der Waals surface area contributed by atoms with Crippen molar-refractivity contribution in [2.24, 2.45) is 5.92 Å². The molecule has 1 atom stereocenters. The van der Waals surface area contributed by atoms with Crippen LogP contribution >= 0.6 is 0 Å². The second-order valence-corrected chi connectivity index (χ2v) is 5.51. The number of amides is 1. The molecule has 0 spiro atoms. The Labute approximate surface area is 120 Å². The van der Waals surface area contributed by atoms with E-state index in [0.717, 1.165) is 17.7 Å². The summed E-state index contributed by atoms with van der Waals surface area (Å²) in [7, 11) is 0. The van der Waals surface area contributed by atoms with Crippen molar-refractivity contribution in [3.8, 4) is 0 Å². The molecule has 116 valence electrons. The fourth-order valence-electron chi connectivity index (χ4n) is 2.39. The minimum atomic E-state index is -4.44. The first-order valence-corrected chi connectivity index (χ1v) is 6.71. The highest BCUT2D eigenvalue weighted by Crippen LogP contribution is 2.36. The first-order valence-electron chi connectivity index (χ1n) is 6.71. The van der Waals surface area contributed by atoms with Crippen LogP contribution in [0, 0.1) is 5.92 Å². The van der Waals surface area contributed by atoms with Gasteiger partial charge in [0.1, 0.15) is 6.54 Å². The van der Waals surface area contributed by atoms with Gasteiger partial charge >= 0.3 is 6.18 Å². The molecule has 1 unspecified atom stereocenters. The number of anilines is 2. The standard InChI is InChI=1S/C14H18F3N3O/c1-8(9-2-3-9)20(7-14(15,16)17)13(21)10-4-11(18)6-12(19)5-10/h4-6,8-9H,2-3,7,18-19H2,1H3. The van der Waals surface area contributed by atoms with Crippen molar-refractivity contribution in [3.63, 3.8) is 0 Å². The highest BCUT2D eigenvalue weighted by atomic mass is 19.4. The molecule has 1 amide bonds. The third-order valence-electron chi connectivity index (χ3n) is 3.63. The SMILES string of the molecule is CC(C1CC1)N(CC(F)(F)F)C(=O)c1cc(N)cc(N)c1. The lowest BCUT2D eigenvalue weighted by Crippen LogP contribution is -2.45. The van der Waals surface area contributed by atoms with Crippen molar-refractivity contribution in [2.75, 3.05) is 18.0 Å². The van der Waals surface area contributed by atoms with Crippen LogP contribution in [-0.4, -0.2) is 29.6 Å². The molecule has 1 aromatic rings. The van der Waals surface area contributed by atoms with Crippen molar-refractivity contribution in [1.82, 2.24) is 4.90 Å². The first-order chi connectivity index (χ1) is 9.67. The zero-order valence-corrected chi connectivity index (χ0v) is 11.7. The molecule has 1 fully saturated rings. The van der Waals surface area contributed by atoms with Gasteiger partial charge in [0, 0.05) is 23.0 Å². The molecule has 4 N–H and O–H groups in total. The van der Waals surface area contributed by atoms with Gasteiger partial charge in [0.25, 0.3) is 5.91 Å². The molecule has 2 rings (SSSR count). The average molecular weight is 301 g/mol. The predicted octanol–water partition coefficient (Wildman–Crippen LogP) is 2.65. The molecule has 7 heteroatoms. The zero-order chi connectivity index (χ0) is 15.8. The number of nitrogens with zero attached hydrogens (tertiary/aromatic N) is 1. The van der Waals surface area contributed by atoms with Gasteiger partial charge in [0.15, 0.2) is 0 Å². The van der Waals surface area contributed by atoms with E-state index < -0.39 is 24.7 Å². The molecule has 0 saturated heterocycles. The summed E-state index contributed by atoms with van der Waals surface area (Å²) in [6.45, 7) is 0.384. The second-order valence-electron chi connectivity index (χ2n) is 5.51. The van der Waals surface area contributed by atoms with E-state index in [2.05, 4.69) is 0 Å². The Kier molecular flexibility index (Phi) is 4.02. The van der Waals surface area contributed by atoms with Gasteiger partial charge in [-0.2, -0.15) is 13.2 Å². The Balaban J connectivity index is 2.28. The second kappa shape index (κ2) is 5.46. The summed E-state index contributed by atoms with van der Waals surface area (Å²) < 4.78 is 38.2. The number of carbonyl (C=O) groups is 1. The van der Waals surface area contributed by atoms with E-state index in [1.165, 1.54) is 18.2 Å². The van der Waals surface area contributed by atoms with E-state index in [9.17, 15) is 18.0 Å². The lowest BCUT2D eigenvalue weighted by Gasteiger charge is -2.30. The Morgan fingerprint density at radius 3 is 2.24 bits per heavy atom. The van der Waals surface area contributed by atoms with E-state index in [-0.39, 0.29) is 22.9 Å². The van der Waals surface area contributed by atoms with Crippen molar-refractivity contribution in [3.05, 3.63) is 23.8 Å². The number of benzene rings is 1. The van der Waals surface area contributed by atoms with Crippen molar-refractivity contribution in [1.29, 1.82) is 0 Å². The van der Waals surface area contributed by atoms with Crippen LogP contribution in [0.1, 0.15) is 30.1 Å². The number of nitrogens with two attached hydrogens (primary N) is 2. The van der Waals surface area contributed by atoms with Gasteiger partial charge in [-0.05, 0) is 43.9 Å². The molecule has 4 nitrogen and oxygen atoms in total. The summed E-state index contributed by atoms with van der Waals surface area (Å²) in [5.41, 5.74) is 11.8. The summed E-state index contributed by atoms with van der Waals surface area (Å²) in [6, 6.07) is 3.69. The molecule has 0 radical (unpaired) electrons. The molecule has 0 aromatic heterocycles. The molecule has 0 bridgehead atoms. The van der Waals surface area contributed by atoms with Crippen LogP contribution in [-0.2, 0) is 0 Å². The fraction of sp³-hybridized carbons (Fsp3) is 0.500. The predicted molar refractivity (Wildman–Crippen MR) is 74.5 cm³/mol. The van der Waals surface area contributed by atoms with Crippen LogP contribution < -0.4 is 11.5 Å². The highest BCUT2D eigenvalue weighted by Gasteiger charge is 2.40. The molecule has 1 aliphatic rings. The monoisotopic (exact) mass is 301 g/mol. The van der Waals surface area contributed by atoms with Crippen LogP contribution in [0.4, 0.5) is 24.5 Å². The Morgan fingerprint density at radius 1 is 1.29 bits per heavy atom. The first kappa shape index (κ1) is 15.5. The highest BCUT2D eigenvalue weighted by molar-refractivity contribution is 5.96. The molecular formula is C14H18F3N3O. The van der Waals surface area contributed by atoms with Gasteiger partial charge in [-0.3, -0.25) is 4.79 Å². The largest absolute Gasteiger partial charge is 0.406 e. The topological polar surface area (TPSA) is 72.3 Å². The Hall–Kier alpha value is -1.92. The van der Waals surface area contributed by atoms with Gasteiger partial charge < -0.3 is 16.4 Å². The van der Waals surface area contributed by atoms with Crippen molar-refractivity contribution in [2.45, 2.75) is 32.0 Å². The molecule has 21 heavy (non-hydrogen) atoms. The van der Waals surface area contributed by atoms with E-state index >= 15 is 0 Å². The van der Waals surface area contributed by atoms with Crippen LogP contribution in [0.5, 0.6) is 0 Å². The lowest BCUT2D eigenvalue weighted by molar-refractivity contribution is -0.144. The molecule has 0 heterocycles. The number of alkyl halides is 3. The Bertz CT molecular complexity index is 521. The number of halogens is 3. The smallest absolute Gasteiger partial charge is 0.399 e. The molecule has 1 aromatic carbocycles. The van der Waals surface area contributed by atoms with Crippen LogP contribution in [0.3, 0.4) is 0 Å². The summed E-state index contributed by atoms with van der Waals surface area (Å²) >= 11 is 0. The molecular weight excluding hydrogens is 283 g/mol. The third kappa shape index (κ3) is 4.03. The van der Waals surface area contributed by atoms with E-state index in [1.54, 1.807) is 6.92 Å². The maximum Gasteiger partial charge on any atom is 0.406 e. The van der Waals surface area contributed by atoms with Gasteiger partial charge in [-0.15, -0.1) is 0 Å². The molecule has 1 saturated carbocycles. The minimum Gasteiger partial charge on any atom is -0.399 e. The molecule has 1 aliphatic carbocycles. The number of hydrogen-bond acceptors (Lipinski definition) is 3. The van der Waals surface area contributed by atoms with Crippen LogP contribution in [0.2, 0.25) is 0 Å². The lowest BCUT2D eigenvalue weighted by atomic mass is 10.1. The number of carbonyl (C=O) groups excluding carboxylic acids is 1. The van der Waals surface area contributed by atoms with Gasteiger partial charge in [-0.1, -0.05) is 0 Å². The van der Waals surface area contributed by atoms with Gasteiger partial charge in [0.2, 0.25) is 0 Å². The number of hydrogen-bond donors (Lipinski definition) is 2. The Morgan fingerprint density at radius 2 is 1.81 bits per heavy atom. The average Bonchev–Trinajstić information content (AvgIpc) is 3.16. The number of rotatable bonds is 4. The maximum absolute atomic E-state index is 12.7. The number of nitrogen functional groups attached to an aromatic ring is 2. The van der Waals surface area contributed by atoms with Gasteiger partial charge in [-0.25, -0.2) is 0 Å². The normalized spacial score (nSPS) is 16.6. The van der Waals surface area contributed by atoms with Gasteiger partial charge in [0.05, 0.1) is 0 Å². The van der Waals surface area contributed by atoms with Crippen LogP contribution in [0.25, 0.3) is 0 Å². The maximum atomic E-state index is 12.7. The summed E-state index contributed by atoms with van der Waals surface area (Å²) in [5.74, 6) is -0.555. The summed E-state index contributed by atoms with van der Waals surface area (Å²) in [6.07, 6.45) is -2.74. The third-order valence-corrected chi connectivity index (χ3v) is 3.63. The fourth-order valence-corrected chi connectivity index (χ4v) is 2.39. The quantitative estimate of drug-likeness (QED) is 0.840. The summed E-state index contributed by atoms with van der Waals surface area (Å²) in [4.78, 5) is 13.3. The summed E-state index contributed by atoms with van der Waals surface area (Å²) in [5, 5.41) is 0. The van der Waals surface area contributed by atoms with Crippen LogP contribution in [0.15, 0.2) is 18.2 Å². The molecule has 0 aliphatic heterocycles. The van der Waals surface area contributed by atoms with E-state index in [0.29, 0.717) is 0 Å². The van der Waals surface area contributed by atoms with Crippen molar-refractivity contribution < 1.29 is 18.0 Å². The minimum absolute atomic E-state index is 0.0873. The van der Waals surface area contributed by atoms with E-state index in [4.69, 9.17) is 11.5 Å².